The van der Waals surface area contributed by atoms with Crippen molar-refractivity contribution in [3.05, 3.63) is 81.2 Å². The molecule has 138 valence electrons. The van der Waals surface area contributed by atoms with Crippen LogP contribution < -0.4 is 15.1 Å². The highest BCUT2D eigenvalue weighted by Crippen LogP contribution is 2.42. The number of para-hydroxylation sites is 1. The van der Waals surface area contributed by atoms with E-state index in [1.54, 1.807) is 49.0 Å². The largest absolute Gasteiger partial charge is 0.497 e. The molecule has 0 bridgehead atoms. The molecule has 1 aliphatic heterocycles. The number of aromatic nitrogens is 2. The molecular weight excluding hydrogens is 378 g/mol. The number of ether oxygens (including phenoxy) is 1. The van der Waals surface area contributed by atoms with E-state index in [4.69, 9.17) is 9.15 Å². The summed E-state index contributed by atoms with van der Waals surface area (Å²) in [5, 5.41) is 8.72. The minimum Gasteiger partial charge on any atom is -0.497 e. The van der Waals surface area contributed by atoms with Crippen molar-refractivity contribution in [3.63, 3.8) is 0 Å². The zero-order valence-electron chi connectivity index (χ0n) is 14.7. The number of nitrogens with zero attached hydrogens (tertiary/aromatic N) is 3. The first-order valence-electron chi connectivity index (χ1n) is 8.48. The van der Waals surface area contributed by atoms with E-state index in [0.29, 0.717) is 27.4 Å². The van der Waals surface area contributed by atoms with Crippen molar-refractivity contribution in [2.24, 2.45) is 0 Å². The molecule has 5 rings (SSSR count). The Morgan fingerprint density at radius 2 is 2.00 bits per heavy atom. The summed E-state index contributed by atoms with van der Waals surface area (Å²) in [5.41, 5.74) is 2.71. The second-order valence-electron chi connectivity index (χ2n) is 6.25. The molecule has 2 aromatic carbocycles. The lowest BCUT2D eigenvalue weighted by molar-refractivity contribution is 0.0970. The van der Waals surface area contributed by atoms with Gasteiger partial charge in [-0.25, -0.2) is 0 Å². The van der Waals surface area contributed by atoms with Crippen LogP contribution in [-0.4, -0.2) is 23.2 Å². The average Bonchev–Trinajstić information content (AvgIpc) is 3.35. The number of benzene rings is 2. The Kier molecular flexibility index (Phi) is 3.73. The van der Waals surface area contributed by atoms with E-state index in [9.17, 15) is 9.59 Å². The van der Waals surface area contributed by atoms with Gasteiger partial charge in [-0.2, -0.15) is 0 Å². The fourth-order valence-electron chi connectivity index (χ4n) is 3.52. The summed E-state index contributed by atoms with van der Waals surface area (Å²) in [7, 11) is 1.57. The minimum atomic E-state index is -0.675. The normalized spacial score (nSPS) is 15.8. The SMILES string of the molecule is COc1cccc([C@H]2c3c(oc4ccccc4c3=O)C(=O)N2c2nncs2)c1. The van der Waals surface area contributed by atoms with Crippen LogP contribution in [0, 0.1) is 0 Å². The van der Waals surface area contributed by atoms with Gasteiger partial charge in [-0.05, 0) is 29.8 Å². The van der Waals surface area contributed by atoms with Crippen molar-refractivity contribution < 1.29 is 13.9 Å². The number of carbonyl (C=O) groups is 1. The predicted octanol–water partition coefficient (Wildman–Crippen LogP) is 3.40. The van der Waals surface area contributed by atoms with Gasteiger partial charge in [-0.15, -0.1) is 10.2 Å². The van der Waals surface area contributed by atoms with E-state index in [-0.39, 0.29) is 11.2 Å². The van der Waals surface area contributed by atoms with Gasteiger partial charge in [0.05, 0.1) is 24.1 Å². The van der Waals surface area contributed by atoms with Gasteiger partial charge < -0.3 is 9.15 Å². The molecule has 0 N–H and O–H groups in total. The molecule has 8 heteroatoms. The number of amides is 1. The zero-order valence-corrected chi connectivity index (χ0v) is 15.5. The first kappa shape index (κ1) is 16.6. The number of anilines is 1. The maximum absolute atomic E-state index is 13.3. The Morgan fingerprint density at radius 3 is 2.79 bits per heavy atom. The summed E-state index contributed by atoms with van der Waals surface area (Å²) >= 11 is 1.22. The molecule has 1 amide bonds. The van der Waals surface area contributed by atoms with Gasteiger partial charge >= 0.3 is 0 Å². The molecule has 0 saturated heterocycles. The molecule has 0 spiro atoms. The maximum Gasteiger partial charge on any atom is 0.297 e. The molecule has 0 radical (unpaired) electrons. The Hall–Kier alpha value is -3.52. The van der Waals surface area contributed by atoms with Gasteiger partial charge in [0, 0.05) is 0 Å². The quantitative estimate of drug-likeness (QED) is 0.532. The van der Waals surface area contributed by atoms with Crippen molar-refractivity contribution in [1.82, 2.24) is 10.2 Å². The molecule has 4 aromatic rings. The third-order valence-corrected chi connectivity index (χ3v) is 5.43. The molecule has 3 heterocycles. The van der Waals surface area contributed by atoms with Gasteiger partial charge in [-0.3, -0.25) is 14.5 Å². The van der Waals surface area contributed by atoms with E-state index < -0.39 is 11.9 Å². The van der Waals surface area contributed by atoms with Crippen LogP contribution in [0.15, 0.2) is 63.3 Å². The third kappa shape index (κ3) is 2.35. The third-order valence-electron chi connectivity index (χ3n) is 4.74. The topological polar surface area (TPSA) is 85.5 Å². The second-order valence-corrected chi connectivity index (χ2v) is 7.06. The molecule has 2 aromatic heterocycles. The van der Waals surface area contributed by atoms with Gasteiger partial charge in [-0.1, -0.05) is 35.6 Å². The Bertz CT molecular complexity index is 1270. The molecular formula is C20H13N3O4S. The number of fused-ring (bicyclic) bond motifs is 2. The highest BCUT2D eigenvalue weighted by atomic mass is 32.1. The van der Waals surface area contributed by atoms with Gasteiger partial charge in [0.1, 0.15) is 16.8 Å². The molecule has 0 aliphatic carbocycles. The first-order valence-corrected chi connectivity index (χ1v) is 9.36. The number of methoxy groups -OCH3 is 1. The van der Waals surface area contributed by atoms with Crippen LogP contribution in [0.25, 0.3) is 11.0 Å². The van der Waals surface area contributed by atoms with Crippen LogP contribution in [-0.2, 0) is 0 Å². The molecule has 0 unspecified atom stereocenters. The lowest BCUT2D eigenvalue weighted by Gasteiger charge is -2.22. The summed E-state index contributed by atoms with van der Waals surface area (Å²) in [6.45, 7) is 0. The Balaban J connectivity index is 1.83. The van der Waals surface area contributed by atoms with E-state index in [1.165, 1.54) is 16.2 Å². The van der Waals surface area contributed by atoms with Crippen molar-refractivity contribution in [2.75, 3.05) is 12.0 Å². The van der Waals surface area contributed by atoms with Crippen molar-refractivity contribution in [3.8, 4) is 5.75 Å². The molecule has 7 nitrogen and oxygen atoms in total. The average molecular weight is 391 g/mol. The van der Waals surface area contributed by atoms with Crippen LogP contribution in [0.2, 0.25) is 0 Å². The summed E-state index contributed by atoms with van der Waals surface area (Å²) in [5.74, 6) is 0.245. The molecule has 0 fully saturated rings. The fourth-order valence-corrected chi connectivity index (χ4v) is 4.10. The molecule has 1 aliphatic rings. The summed E-state index contributed by atoms with van der Waals surface area (Å²) in [4.78, 5) is 28.0. The van der Waals surface area contributed by atoms with Crippen molar-refractivity contribution in [2.45, 2.75) is 6.04 Å². The smallest absolute Gasteiger partial charge is 0.297 e. The van der Waals surface area contributed by atoms with E-state index in [2.05, 4.69) is 10.2 Å². The van der Waals surface area contributed by atoms with Crippen LogP contribution in [0.1, 0.15) is 27.7 Å². The lowest BCUT2D eigenvalue weighted by Crippen LogP contribution is -2.29. The van der Waals surface area contributed by atoms with Crippen molar-refractivity contribution in [1.29, 1.82) is 0 Å². The zero-order chi connectivity index (χ0) is 19.3. The fraction of sp³-hybridized carbons (Fsp3) is 0.100. The molecule has 0 saturated carbocycles. The predicted molar refractivity (Wildman–Crippen MR) is 104 cm³/mol. The highest BCUT2D eigenvalue weighted by Gasteiger charge is 2.45. The number of hydrogen-bond donors (Lipinski definition) is 0. The second kappa shape index (κ2) is 6.28. The Labute approximate surface area is 162 Å². The highest BCUT2D eigenvalue weighted by molar-refractivity contribution is 7.13. The summed E-state index contributed by atoms with van der Waals surface area (Å²) in [6, 6.07) is 13.5. The maximum atomic E-state index is 13.3. The van der Waals surface area contributed by atoms with E-state index in [1.807, 2.05) is 12.1 Å². The van der Waals surface area contributed by atoms with Gasteiger partial charge in [0.25, 0.3) is 5.91 Å². The molecule has 1 atom stereocenters. The molecule has 28 heavy (non-hydrogen) atoms. The lowest BCUT2D eigenvalue weighted by atomic mass is 9.98. The van der Waals surface area contributed by atoms with E-state index >= 15 is 0 Å². The van der Waals surface area contributed by atoms with Crippen LogP contribution in [0.5, 0.6) is 5.75 Å². The Morgan fingerprint density at radius 1 is 1.14 bits per heavy atom. The van der Waals surface area contributed by atoms with Gasteiger partial charge in [0.15, 0.2) is 5.43 Å². The van der Waals surface area contributed by atoms with Crippen LogP contribution in [0.4, 0.5) is 5.13 Å². The monoisotopic (exact) mass is 391 g/mol. The van der Waals surface area contributed by atoms with Gasteiger partial charge in [0.2, 0.25) is 10.9 Å². The summed E-state index contributed by atoms with van der Waals surface area (Å²) in [6.07, 6.45) is 0. The number of rotatable bonds is 3. The van der Waals surface area contributed by atoms with Crippen LogP contribution >= 0.6 is 11.3 Å². The van der Waals surface area contributed by atoms with Crippen LogP contribution in [0.3, 0.4) is 0 Å². The summed E-state index contributed by atoms with van der Waals surface area (Å²) < 4.78 is 11.2. The minimum absolute atomic E-state index is 0.0340. The number of carbonyl (C=O) groups excluding carboxylic acids is 1. The van der Waals surface area contributed by atoms with Crippen molar-refractivity contribution >= 4 is 33.3 Å². The standard InChI is InChI=1S/C20H13N3O4S/c1-26-12-6-4-5-11(9-12)16-15-17(24)13-7-2-3-8-14(13)27-18(15)19(25)23(16)20-22-21-10-28-20/h2-10,16H,1H3/t16-/m0/s1. The number of hydrogen-bond acceptors (Lipinski definition) is 7. The first-order chi connectivity index (χ1) is 13.7. The van der Waals surface area contributed by atoms with E-state index in [0.717, 1.165) is 5.56 Å².